The Balaban J connectivity index is 2.20. The third-order valence-electron chi connectivity index (χ3n) is 2.58. The molecule has 0 atom stereocenters. The SMILES string of the molecule is Cc1noc(C)c1-c1nc(CS(=O)(=O)CC(=O)NN)no1. The van der Waals surface area contributed by atoms with Crippen molar-refractivity contribution in [3.63, 3.8) is 0 Å². The lowest BCUT2D eigenvalue weighted by Gasteiger charge is -1.99. The topological polar surface area (TPSA) is 154 Å². The summed E-state index contributed by atoms with van der Waals surface area (Å²) >= 11 is 0. The van der Waals surface area contributed by atoms with E-state index in [1.165, 1.54) is 0 Å². The van der Waals surface area contributed by atoms with Gasteiger partial charge in [-0.15, -0.1) is 0 Å². The van der Waals surface area contributed by atoms with Crippen molar-refractivity contribution in [2.75, 3.05) is 5.75 Å². The van der Waals surface area contributed by atoms with E-state index in [1.807, 2.05) is 0 Å². The minimum atomic E-state index is -3.74. The van der Waals surface area contributed by atoms with Gasteiger partial charge in [0.1, 0.15) is 22.8 Å². The van der Waals surface area contributed by atoms with Crippen molar-refractivity contribution < 1.29 is 22.3 Å². The molecule has 0 aliphatic carbocycles. The second-order valence-electron chi connectivity index (χ2n) is 4.31. The summed E-state index contributed by atoms with van der Waals surface area (Å²) < 4.78 is 33.4. The van der Waals surface area contributed by atoms with Crippen molar-refractivity contribution in [3.05, 3.63) is 17.3 Å². The third kappa shape index (κ3) is 3.44. The highest BCUT2D eigenvalue weighted by Gasteiger charge is 2.23. The molecule has 114 valence electrons. The molecule has 0 unspecified atom stereocenters. The first kappa shape index (κ1) is 15.1. The van der Waals surface area contributed by atoms with E-state index in [0.29, 0.717) is 17.0 Å². The first-order valence-electron chi connectivity index (χ1n) is 5.78. The van der Waals surface area contributed by atoms with Gasteiger partial charge in [-0.2, -0.15) is 4.98 Å². The van der Waals surface area contributed by atoms with Crippen LogP contribution in [0.5, 0.6) is 0 Å². The first-order chi connectivity index (χ1) is 9.82. The van der Waals surface area contributed by atoms with Crippen molar-refractivity contribution in [2.45, 2.75) is 19.6 Å². The predicted octanol–water partition coefficient (Wildman–Crippen LogP) is -0.754. The molecule has 2 heterocycles. The zero-order valence-corrected chi connectivity index (χ0v) is 12.1. The number of nitrogens with two attached hydrogens (primary N) is 1. The molecule has 0 aliphatic heterocycles. The van der Waals surface area contributed by atoms with Crippen LogP contribution in [-0.2, 0) is 20.4 Å². The minimum absolute atomic E-state index is 0.0604. The molecule has 0 fully saturated rings. The van der Waals surface area contributed by atoms with E-state index < -0.39 is 27.3 Å². The fourth-order valence-corrected chi connectivity index (χ4v) is 2.79. The van der Waals surface area contributed by atoms with Crippen LogP contribution in [-0.4, -0.2) is 35.4 Å². The van der Waals surface area contributed by atoms with Crippen LogP contribution in [0.4, 0.5) is 0 Å². The molecular weight excluding hydrogens is 302 g/mol. The Morgan fingerprint density at radius 1 is 1.29 bits per heavy atom. The number of rotatable bonds is 5. The maximum atomic E-state index is 11.7. The molecule has 0 bridgehead atoms. The summed E-state index contributed by atoms with van der Waals surface area (Å²) in [7, 11) is -3.74. The molecule has 0 radical (unpaired) electrons. The second kappa shape index (κ2) is 5.61. The predicted molar refractivity (Wildman–Crippen MR) is 69.1 cm³/mol. The summed E-state index contributed by atoms with van der Waals surface area (Å²) in [6, 6.07) is 0. The van der Waals surface area contributed by atoms with Crippen LogP contribution >= 0.6 is 0 Å². The van der Waals surface area contributed by atoms with Gasteiger partial charge in [-0.1, -0.05) is 10.3 Å². The molecular formula is C10H13N5O5S. The maximum absolute atomic E-state index is 11.7. The highest BCUT2D eigenvalue weighted by Crippen LogP contribution is 2.25. The monoisotopic (exact) mass is 315 g/mol. The van der Waals surface area contributed by atoms with E-state index in [2.05, 4.69) is 15.3 Å². The van der Waals surface area contributed by atoms with Gasteiger partial charge in [0.15, 0.2) is 15.7 Å². The number of aryl methyl sites for hydroxylation is 2. The standard InChI is InChI=1S/C10H13N5O5S/c1-5-9(6(2)19-14-5)10-12-7(15-20-10)3-21(17,18)4-8(16)13-11/h3-4,11H2,1-2H3,(H,13,16). The van der Waals surface area contributed by atoms with Gasteiger partial charge in [-0.05, 0) is 13.8 Å². The Kier molecular flexibility index (Phi) is 4.04. The smallest absolute Gasteiger partial charge is 0.263 e. The lowest BCUT2D eigenvalue weighted by molar-refractivity contribution is -0.118. The number of aromatic nitrogens is 3. The van der Waals surface area contributed by atoms with Gasteiger partial charge >= 0.3 is 0 Å². The van der Waals surface area contributed by atoms with Crippen molar-refractivity contribution >= 4 is 15.7 Å². The average Bonchev–Trinajstić information content (AvgIpc) is 2.95. The Hall–Kier alpha value is -2.27. The van der Waals surface area contributed by atoms with Crippen molar-refractivity contribution in [1.29, 1.82) is 0 Å². The number of carbonyl (C=O) groups excluding carboxylic acids is 1. The Bertz CT molecular complexity index is 743. The number of amides is 1. The summed E-state index contributed by atoms with van der Waals surface area (Å²) in [6.45, 7) is 3.36. The normalized spacial score (nSPS) is 11.6. The molecule has 2 aromatic heterocycles. The van der Waals surface area contributed by atoms with E-state index >= 15 is 0 Å². The van der Waals surface area contributed by atoms with Crippen LogP contribution in [0.15, 0.2) is 9.05 Å². The fraction of sp³-hybridized carbons (Fsp3) is 0.400. The van der Waals surface area contributed by atoms with Crippen molar-refractivity contribution in [2.24, 2.45) is 5.84 Å². The molecule has 2 rings (SSSR count). The van der Waals surface area contributed by atoms with E-state index in [0.717, 1.165) is 0 Å². The molecule has 11 heteroatoms. The van der Waals surface area contributed by atoms with Gasteiger partial charge in [-0.25, -0.2) is 14.3 Å². The Labute approximate surface area is 119 Å². The summed E-state index contributed by atoms with van der Waals surface area (Å²) in [4.78, 5) is 15.0. The van der Waals surface area contributed by atoms with Crippen molar-refractivity contribution in [3.8, 4) is 11.5 Å². The molecule has 21 heavy (non-hydrogen) atoms. The van der Waals surface area contributed by atoms with Crippen LogP contribution in [0, 0.1) is 13.8 Å². The molecule has 0 saturated carbocycles. The number of hydrogen-bond donors (Lipinski definition) is 2. The van der Waals surface area contributed by atoms with Gasteiger partial charge in [0.05, 0.1) is 5.69 Å². The summed E-state index contributed by atoms with van der Waals surface area (Å²) in [6.07, 6.45) is 0. The van der Waals surface area contributed by atoms with Crippen LogP contribution in [0.3, 0.4) is 0 Å². The molecule has 0 saturated heterocycles. The number of hydrogen-bond acceptors (Lipinski definition) is 9. The molecule has 3 N–H and O–H groups in total. The minimum Gasteiger partial charge on any atom is -0.361 e. The largest absolute Gasteiger partial charge is 0.361 e. The Morgan fingerprint density at radius 2 is 2.00 bits per heavy atom. The van der Waals surface area contributed by atoms with Crippen LogP contribution in [0.25, 0.3) is 11.5 Å². The van der Waals surface area contributed by atoms with Crippen LogP contribution < -0.4 is 11.3 Å². The second-order valence-corrected chi connectivity index (χ2v) is 6.38. The maximum Gasteiger partial charge on any atom is 0.263 e. The van der Waals surface area contributed by atoms with E-state index in [1.54, 1.807) is 19.3 Å². The van der Waals surface area contributed by atoms with E-state index in [-0.39, 0.29) is 11.7 Å². The van der Waals surface area contributed by atoms with E-state index in [4.69, 9.17) is 14.9 Å². The molecule has 2 aromatic rings. The zero-order valence-electron chi connectivity index (χ0n) is 11.3. The molecule has 0 spiro atoms. The summed E-state index contributed by atoms with van der Waals surface area (Å²) in [5.74, 6) is 3.27. The average molecular weight is 315 g/mol. The van der Waals surface area contributed by atoms with Gasteiger partial charge in [0.25, 0.3) is 5.89 Å². The highest BCUT2D eigenvalue weighted by molar-refractivity contribution is 7.91. The number of sulfone groups is 1. The third-order valence-corrected chi connectivity index (χ3v) is 3.98. The summed E-state index contributed by atoms with van der Waals surface area (Å²) in [5, 5.41) is 7.31. The highest BCUT2D eigenvalue weighted by atomic mass is 32.2. The van der Waals surface area contributed by atoms with Crippen LogP contribution in [0.1, 0.15) is 17.3 Å². The lowest BCUT2D eigenvalue weighted by atomic mass is 10.2. The molecule has 0 aliphatic rings. The summed E-state index contributed by atoms with van der Waals surface area (Å²) in [5.41, 5.74) is 2.81. The van der Waals surface area contributed by atoms with E-state index in [9.17, 15) is 13.2 Å². The molecule has 0 aromatic carbocycles. The van der Waals surface area contributed by atoms with Crippen LogP contribution in [0.2, 0.25) is 0 Å². The molecule has 1 amide bonds. The first-order valence-corrected chi connectivity index (χ1v) is 7.60. The number of hydrazine groups is 1. The Morgan fingerprint density at radius 3 is 2.57 bits per heavy atom. The fourth-order valence-electron chi connectivity index (χ4n) is 1.69. The number of carbonyl (C=O) groups is 1. The van der Waals surface area contributed by atoms with Crippen molar-refractivity contribution in [1.82, 2.24) is 20.7 Å². The van der Waals surface area contributed by atoms with Gasteiger partial charge < -0.3 is 9.05 Å². The van der Waals surface area contributed by atoms with Gasteiger partial charge in [-0.3, -0.25) is 10.2 Å². The van der Waals surface area contributed by atoms with Gasteiger partial charge in [0, 0.05) is 0 Å². The lowest BCUT2D eigenvalue weighted by Crippen LogP contribution is -2.35. The molecule has 10 nitrogen and oxygen atoms in total. The quantitative estimate of drug-likeness (QED) is 0.411. The number of nitrogens with one attached hydrogen (secondary N) is 1. The zero-order chi connectivity index (χ0) is 15.6. The number of nitrogens with zero attached hydrogens (tertiary/aromatic N) is 3. The van der Waals surface area contributed by atoms with Gasteiger partial charge in [0.2, 0.25) is 5.91 Å².